The van der Waals surface area contributed by atoms with Crippen molar-refractivity contribution in [1.82, 2.24) is 25.3 Å². The molecular formula is C11H10N6O2S. The molecule has 3 aromatic heterocycles. The van der Waals surface area contributed by atoms with E-state index in [4.69, 9.17) is 15.0 Å². The minimum absolute atomic E-state index is 0.349. The first kappa shape index (κ1) is 12.5. The third-order valence-corrected chi connectivity index (χ3v) is 3.49. The summed E-state index contributed by atoms with van der Waals surface area (Å²) in [5.74, 6) is 1.13. The van der Waals surface area contributed by atoms with Crippen LogP contribution in [0.5, 0.6) is 5.88 Å². The number of thiazole rings is 1. The lowest BCUT2D eigenvalue weighted by Crippen LogP contribution is -1.93. The number of hydrogen-bond donors (Lipinski definition) is 1. The Balaban J connectivity index is 1.95. The molecule has 0 unspecified atom stereocenters. The topological polar surface area (TPSA) is 113 Å². The minimum Gasteiger partial charge on any atom is -0.480 e. The molecule has 0 saturated heterocycles. The molecule has 0 amide bonds. The van der Waals surface area contributed by atoms with Gasteiger partial charge in [0, 0.05) is 6.07 Å². The third-order valence-electron chi connectivity index (χ3n) is 2.51. The van der Waals surface area contributed by atoms with Gasteiger partial charge in [-0.1, -0.05) is 16.5 Å². The summed E-state index contributed by atoms with van der Waals surface area (Å²) < 4.78 is 10.2. The van der Waals surface area contributed by atoms with Gasteiger partial charge >= 0.3 is 0 Å². The average molecular weight is 290 g/mol. The largest absolute Gasteiger partial charge is 0.480 e. The lowest BCUT2D eigenvalue weighted by atomic mass is 10.3. The van der Waals surface area contributed by atoms with Crippen molar-refractivity contribution < 1.29 is 9.26 Å². The summed E-state index contributed by atoms with van der Waals surface area (Å²) >= 11 is 1.30. The van der Waals surface area contributed by atoms with E-state index in [0.717, 1.165) is 10.6 Å². The smallest absolute Gasteiger partial charge is 0.270 e. The summed E-state index contributed by atoms with van der Waals surface area (Å²) in [6, 6.07) is 3.38. The van der Waals surface area contributed by atoms with E-state index in [0.29, 0.717) is 28.4 Å². The number of nitrogen functional groups attached to an aromatic ring is 1. The highest BCUT2D eigenvalue weighted by Crippen LogP contribution is 2.30. The second kappa shape index (κ2) is 4.85. The van der Waals surface area contributed by atoms with Crippen LogP contribution < -0.4 is 10.5 Å². The molecule has 0 saturated carbocycles. The van der Waals surface area contributed by atoms with Gasteiger partial charge in [0.2, 0.25) is 11.7 Å². The predicted molar refractivity (Wildman–Crippen MR) is 72.1 cm³/mol. The molecule has 0 bridgehead atoms. The Morgan fingerprint density at radius 1 is 1.25 bits per heavy atom. The molecule has 9 heteroatoms. The summed E-state index contributed by atoms with van der Waals surface area (Å²) in [6.07, 6.45) is 0. The first-order valence-corrected chi connectivity index (χ1v) is 6.44. The number of anilines is 1. The van der Waals surface area contributed by atoms with Crippen molar-refractivity contribution in [3.05, 3.63) is 17.8 Å². The van der Waals surface area contributed by atoms with Crippen molar-refractivity contribution in [2.24, 2.45) is 0 Å². The fourth-order valence-corrected chi connectivity index (χ4v) is 2.34. The molecule has 0 aliphatic carbocycles. The van der Waals surface area contributed by atoms with E-state index in [1.54, 1.807) is 12.1 Å². The number of hydrogen-bond acceptors (Lipinski definition) is 9. The number of rotatable bonds is 3. The normalized spacial score (nSPS) is 10.7. The van der Waals surface area contributed by atoms with Crippen LogP contribution in [0.4, 0.5) is 5.13 Å². The van der Waals surface area contributed by atoms with Gasteiger partial charge in [-0.3, -0.25) is 0 Å². The molecule has 0 aliphatic rings. The molecule has 0 aromatic carbocycles. The Hall–Kier alpha value is -2.55. The van der Waals surface area contributed by atoms with E-state index in [9.17, 15) is 0 Å². The van der Waals surface area contributed by atoms with Gasteiger partial charge < -0.3 is 15.0 Å². The number of nitrogens with zero attached hydrogens (tertiary/aromatic N) is 5. The summed E-state index contributed by atoms with van der Waals surface area (Å²) in [5.41, 5.74) is 6.90. The Labute approximate surface area is 117 Å². The molecule has 3 heterocycles. The number of nitrogens with two attached hydrogens (primary N) is 1. The molecule has 0 spiro atoms. The van der Waals surface area contributed by atoms with Crippen molar-refractivity contribution in [2.45, 2.75) is 6.92 Å². The van der Waals surface area contributed by atoms with Crippen LogP contribution in [0.1, 0.15) is 5.69 Å². The van der Waals surface area contributed by atoms with Crippen LogP contribution in [0, 0.1) is 6.92 Å². The molecule has 2 N–H and O–H groups in total. The maximum Gasteiger partial charge on any atom is 0.270 e. The maximum absolute atomic E-state index is 5.65. The molecule has 3 rings (SSSR count). The van der Waals surface area contributed by atoms with Gasteiger partial charge in [-0.25, -0.2) is 4.98 Å². The Bertz CT molecular complexity index is 736. The third kappa shape index (κ3) is 2.18. The van der Waals surface area contributed by atoms with Gasteiger partial charge in [0.1, 0.15) is 10.6 Å². The maximum atomic E-state index is 5.65. The van der Waals surface area contributed by atoms with Crippen molar-refractivity contribution in [3.8, 4) is 28.2 Å². The van der Waals surface area contributed by atoms with Gasteiger partial charge in [0.15, 0.2) is 5.13 Å². The zero-order valence-corrected chi connectivity index (χ0v) is 11.5. The summed E-state index contributed by atoms with van der Waals surface area (Å²) in [4.78, 5) is 9.14. The molecule has 8 nitrogen and oxygen atoms in total. The van der Waals surface area contributed by atoms with Crippen molar-refractivity contribution in [3.63, 3.8) is 0 Å². The Morgan fingerprint density at radius 2 is 2.10 bits per heavy atom. The lowest BCUT2D eigenvalue weighted by molar-refractivity contribution is 0.392. The zero-order chi connectivity index (χ0) is 14.1. The standard InChI is InChI=1S/C11H10N6O2S/c1-5-8(20-11(12)13-5)10-14-9(17-19-10)6-3-4-7(18-2)16-15-6/h3-4H,1-2H3,(H2,12,13). The van der Waals surface area contributed by atoms with Crippen LogP contribution >= 0.6 is 11.3 Å². The van der Waals surface area contributed by atoms with E-state index in [1.165, 1.54) is 18.4 Å². The lowest BCUT2D eigenvalue weighted by Gasteiger charge is -1.96. The highest BCUT2D eigenvalue weighted by Gasteiger charge is 2.17. The molecule has 20 heavy (non-hydrogen) atoms. The molecule has 102 valence electrons. The average Bonchev–Trinajstić information content (AvgIpc) is 3.05. The highest BCUT2D eigenvalue weighted by atomic mass is 32.1. The summed E-state index contributed by atoms with van der Waals surface area (Å²) in [7, 11) is 1.52. The number of aryl methyl sites for hydroxylation is 1. The summed E-state index contributed by atoms with van der Waals surface area (Å²) in [6.45, 7) is 1.83. The van der Waals surface area contributed by atoms with E-state index in [2.05, 4.69) is 25.3 Å². The Morgan fingerprint density at radius 3 is 2.70 bits per heavy atom. The van der Waals surface area contributed by atoms with Crippen LogP contribution in [-0.2, 0) is 0 Å². The van der Waals surface area contributed by atoms with E-state index in [1.807, 2.05) is 6.92 Å². The zero-order valence-electron chi connectivity index (χ0n) is 10.7. The minimum atomic E-state index is 0.349. The number of methoxy groups -OCH3 is 1. The SMILES string of the molecule is COc1ccc(-c2noc(-c3sc(N)nc3C)n2)nn1. The van der Waals surface area contributed by atoms with Gasteiger partial charge in [-0.15, -0.1) is 10.2 Å². The molecular weight excluding hydrogens is 280 g/mol. The van der Waals surface area contributed by atoms with Gasteiger partial charge in [0.25, 0.3) is 5.89 Å². The van der Waals surface area contributed by atoms with Gasteiger partial charge in [-0.05, 0) is 13.0 Å². The summed E-state index contributed by atoms with van der Waals surface area (Å²) in [5, 5.41) is 12.1. The fraction of sp³-hybridized carbons (Fsp3) is 0.182. The molecule has 0 fully saturated rings. The highest BCUT2D eigenvalue weighted by molar-refractivity contribution is 7.18. The fourth-order valence-electron chi connectivity index (χ4n) is 1.58. The van der Waals surface area contributed by atoms with Crippen LogP contribution in [0.15, 0.2) is 16.7 Å². The van der Waals surface area contributed by atoms with Crippen LogP contribution in [0.25, 0.3) is 22.3 Å². The number of ether oxygens (including phenoxy) is 1. The molecule has 0 radical (unpaired) electrons. The molecule has 0 aliphatic heterocycles. The van der Waals surface area contributed by atoms with Crippen molar-refractivity contribution >= 4 is 16.5 Å². The predicted octanol–water partition coefficient (Wildman–Crippen LogP) is 1.55. The van der Waals surface area contributed by atoms with Crippen molar-refractivity contribution in [2.75, 3.05) is 12.8 Å². The quantitative estimate of drug-likeness (QED) is 0.773. The van der Waals surface area contributed by atoms with E-state index >= 15 is 0 Å². The van der Waals surface area contributed by atoms with E-state index < -0.39 is 0 Å². The monoisotopic (exact) mass is 290 g/mol. The first-order valence-electron chi connectivity index (χ1n) is 5.62. The van der Waals surface area contributed by atoms with E-state index in [-0.39, 0.29) is 0 Å². The molecule has 0 atom stereocenters. The number of aromatic nitrogens is 5. The Kier molecular flexibility index (Phi) is 3.03. The van der Waals surface area contributed by atoms with Gasteiger partial charge in [-0.2, -0.15) is 4.98 Å². The van der Waals surface area contributed by atoms with Crippen LogP contribution in [-0.4, -0.2) is 32.4 Å². The van der Waals surface area contributed by atoms with Crippen LogP contribution in [0.3, 0.4) is 0 Å². The molecule has 3 aromatic rings. The second-order valence-electron chi connectivity index (χ2n) is 3.85. The second-order valence-corrected chi connectivity index (χ2v) is 4.88. The first-order chi connectivity index (χ1) is 9.67. The van der Waals surface area contributed by atoms with Crippen molar-refractivity contribution in [1.29, 1.82) is 0 Å². The van der Waals surface area contributed by atoms with Crippen LogP contribution in [0.2, 0.25) is 0 Å². The van der Waals surface area contributed by atoms with Gasteiger partial charge in [0.05, 0.1) is 12.8 Å².